The number of terminal acetylenes is 1. The molecule has 84 valence electrons. The van der Waals surface area contributed by atoms with Gasteiger partial charge in [0.15, 0.2) is 13.2 Å². The molecule has 0 aliphatic heterocycles. The standard InChI is InChI=1S/C11H17ClNO2/c1-5-8-15-11(14)9-13(3,4)7-6-10(2)12/h1,6H,7-9H2,2-4H3/q+1/b10-6-. The van der Waals surface area contributed by atoms with Crippen molar-refractivity contribution >= 4 is 17.6 Å². The molecule has 0 fully saturated rings. The van der Waals surface area contributed by atoms with Crippen molar-refractivity contribution in [2.75, 3.05) is 33.8 Å². The van der Waals surface area contributed by atoms with Crippen molar-refractivity contribution in [2.24, 2.45) is 0 Å². The first-order chi connectivity index (χ1) is 6.87. The van der Waals surface area contributed by atoms with Crippen molar-refractivity contribution in [1.29, 1.82) is 0 Å². The number of hydrogen-bond acceptors (Lipinski definition) is 2. The fourth-order valence-electron chi connectivity index (χ4n) is 0.955. The summed E-state index contributed by atoms with van der Waals surface area (Å²) in [6.45, 7) is 2.80. The van der Waals surface area contributed by atoms with Gasteiger partial charge in [0, 0.05) is 5.03 Å². The van der Waals surface area contributed by atoms with Crippen molar-refractivity contribution in [2.45, 2.75) is 6.92 Å². The predicted molar refractivity (Wildman–Crippen MR) is 61.2 cm³/mol. The smallest absolute Gasteiger partial charge is 0.362 e. The monoisotopic (exact) mass is 230 g/mol. The van der Waals surface area contributed by atoms with Crippen molar-refractivity contribution in [3.63, 3.8) is 0 Å². The number of carbonyl (C=O) groups is 1. The van der Waals surface area contributed by atoms with Gasteiger partial charge < -0.3 is 9.22 Å². The second-order valence-electron chi connectivity index (χ2n) is 3.93. The van der Waals surface area contributed by atoms with Gasteiger partial charge >= 0.3 is 5.97 Å². The second-order valence-corrected chi connectivity index (χ2v) is 4.53. The van der Waals surface area contributed by atoms with Crippen LogP contribution in [0.5, 0.6) is 0 Å². The summed E-state index contributed by atoms with van der Waals surface area (Å²) in [7, 11) is 3.85. The SMILES string of the molecule is C#CCOC(=O)C[N+](C)(C)C/C=C(/C)Cl. The van der Waals surface area contributed by atoms with Crippen molar-refractivity contribution in [3.05, 3.63) is 11.1 Å². The van der Waals surface area contributed by atoms with Crippen LogP contribution in [-0.4, -0.2) is 44.2 Å². The number of halogens is 1. The van der Waals surface area contributed by atoms with Crippen LogP contribution in [-0.2, 0) is 9.53 Å². The molecular weight excluding hydrogens is 214 g/mol. The van der Waals surface area contributed by atoms with E-state index in [1.807, 2.05) is 20.2 Å². The van der Waals surface area contributed by atoms with Crippen molar-refractivity contribution in [1.82, 2.24) is 0 Å². The van der Waals surface area contributed by atoms with Gasteiger partial charge in [0.1, 0.15) is 0 Å². The van der Waals surface area contributed by atoms with E-state index in [0.717, 1.165) is 5.03 Å². The molecule has 0 spiro atoms. The number of allylic oxidation sites excluding steroid dienone is 1. The number of nitrogens with zero attached hydrogens (tertiary/aromatic N) is 1. The van der Waals surface area contributed by atoms with Crippen LogP contribution >= 0.6 is 11.6 Å². The lowest BCUT2D eigenvalue weighted by atomic mass is 10.4. The zero-order chi connectivity index (χ0) is 11.9. The van der Waals surface area contributed by atoms with Gasteiger partial charge in [-0.25, -0.2) is 4.79 Å². The van der Waals surface area contributed by atoms with E-state index in [-0.39, 0.29) is 19.1 Å². The summed E-state index contributed by atoms with van der Waals surface area (Å²) in [4.78, 5) is 11.3. The lowest BCUT2D eigenvalue weighted by molar-refractivity contribution is -0.877. The zero-order valence-corrected chi connectivity index (χ0v) is 10.2. The molecule has 0 aliphatic carbocycles. The van der Waals surface area contributed by atoms with E-state index in [0.29, 0.717) is 11.0 Å². The first-order valence-electron chi connectivity index (χ1n) is 4.61. The van der Waals surface area contributed by atoms with Crippen molar-refractivity contribution < 1.29 is 14.0 Å². The molecule has 4 heteroatoms. The van der Waals surface area contributed by atoms with Gasteiger partial charge in [0.25, 0.3) is 0 Å². The molecule has 0 aromatic carbocycles. The minimum Gasteiger partial charge on any atom is -0.448 e. The summed E-state index contributed by atoms with van der Waals surface area (Å²) in [5, 5.41) is 0.721. The van der Waals surface area contributed by atoms with Gasteiger partial charge in [-0.1, -0.05) is 17.5 Å². The molecule has 0 bridgehead atoms. The molecular formula is C11H17ClNO2+. The molecule has 0 saturated heterocycles. The van der Waals surface area contributed by atoms with Gasteiger partial charge in [0.05, 0.1) is 20.6 Å². The second kappa shape index (κ2) is 6.49. The van der Waals surface area contributed by atoms with Crippen LogP contribution in [0.2, 0.25) is 0 Å². The fourth-order valence-corrected chi connectivity index (χ4v) is 1.02. The summed E-state index contributed by atoms with van der Waals surface area (Å²) in [5.74, 6) is 1.96. The Morgan fingerprint density at radius 1 is 1.60 bits per heavy atom. The highest BCUT2D eigenvalue weighted by molar-refractivity contribution is 6.29. The number of ether oxygens (including phenoxy) is 1. The first kappa shape index (κ1) is 14.0. The summed E-state index contributed by atoms with van der Waals surface area (Å²) in [6, 6.07) is 0. The van der Waals surface area contributed by atoms with E-state index < -0.39 is 0 Å². The largest absolute Gasteiger partial charge is 0.448 e. The molecule has 0 radical (unpaired) electrons. The average molecular weight is 231 g/mol. The Kier molecular flexibility index (Phi) is 6.07. The number of esters is 1. The maximum absolute atomic E-state index is 11.3. The van der Waals surface area contributed by atoms with Crippen LogP contribution in [0.4, 0.5) is 0 Å². The van der Waals surface area contributed by atoms with E-state index in [9.17, 15) is 4.79 Å². The Bertz CT molecular complexity index is 285. The number of rotatable bonds is 5. The molecule has 0 saturated carbocycles. The average Bonchev–Trinajstić information content (AvgIpc) is 2.11. The third kappa shape index (κ3) is 8.04. The highest BCUT2D eigenvalue weighted by Gasteiger charge is 2.19. The van der Waals surface area contributed by atoms with Gasteiger partial charge in [-0.05, 0) is 13.0 Å². The van der Waals surface area contributed by atoms with Crippen LogP contribution in [0, 0.1) is 12.3 Å². The van der Waals surface area contributed by atoms with Gasteiger partial charge in [0.2, 0.25) is 0 Å². The van der Waals surface area contributed by atoms with Crippen LogP contribution in [0.25, 0.3) is 0 Å². The maximum atomic E-state index is 11.3. The van der Waals surface area contributed by atoms with E-state index in [4.69, 9.17) is 22.8 Å². The summed E-state index contributed by atoms with van der Waals surface area (Å²) >= 11 is 5.71. The molecule has 0 atom stereocenters. The number of quaternary nitrogens is 1. The minimum atomic E-state index is -0.293. The molecule has 0 N–H and O–H groups in total. The van der Waals surface area contributed by atoms with Crippen molar-refractivity contribution in [3.8, 4) is 12.3 Å². The van der Waals surface area contributed by atoms with E-state index >= 15 is 0 Å². The highest BCUT2D eigenvalue weighted by atomic mass is 35.5. The quantitative estimate of drug-likeness (QED) is 0.405. The molecule has 0 amide bonds. The molecule has 15 heavy (non-hydrogen) atoms. The van der Waals surface area contributed by atoms with Gasteiger partial charge in [-0.3, -0.25) is 0 Å². The topological polar surface area (TPSA) is 26.3 Å². The Hall–Kier alpha value is -0.980. The third-order valence-corrected chi connectivity index (χ3v) is 1.89. The maximum Gasteiger partial charge on any atom is 0.362 e. The lowest BCUT2D eigenvalue weighted by Crippen LogP contribution is -2.44. The summed E-state index contributed by atoms with van der Waals surface area (Å²) in [6.07, 6.45) is 6.85. The predicted octanol–water partition coefficient (Wildman–Crippen LogP) is 1.38. The molecule has 3 nitrogen and oxygen atoms in total. The van der Waals surface area contributed by atoms with E-state index in [1.54, 1.807) is 6.92 Å². The Labute approximate surface area is 96.2 Å². The van der Waals surface area contributed by atoms with E-state index in [2.05, 4.69) is 5.92 Å². The van der Waals surface area contributed by atoms with Crippen LogP contribution in [0.1, 0.15) is 6.92 Å². The molecule has 0 unspecified atom stereocenters. The minimum absolute atomic E-state index is 0.0310. The zero-order valence-electron chi connectivity index (χ0n) is 9.42. The number of carbonyl (C=O) groups excluding carboxylic acids is 1. The van der Waals surface area contributed by atoms with Gasteiger partial charge in [-0.15, -0.1) is 6.42 Å². The molecule has 0 aliphatic rings. The molecule has 0 aromatic rings. The van der Waals surface area contributed by atoms with Crippen LogP contribution in [0.15, 0.2) is 11.1 Å². The number of likely N-dealkylation sites (N-methyl/N-ethyl adjacent to an activating group) is 1. The fraction of sp³-hybridized carbons (Fsp3) is 0.545. The molecule has 0 aromatic heterocycles. The Balaban J connectivity index is 4.08. The number of hydrogen-bond donors (Lipinski definition) is 0. The highest BCUT2D eigenvalue weighted by Crippen LogP contribution is 2.03. The lowest BCUT2D eigenvalue weighted by Gasteiger charge is -2.26. The van der Waals surface area contributed by atoms with E-state index in [1.165, 1.54) is 0 Å². The molecule has 0 heterocycles. The Morgan fingerprint density at radius 2 is 2.20 bits per heavy atom. The van der Waals surface area contributed by atoms with Gasteiger partial charge in [-0.2, -0.15) is 0 Å². The summed E-state index contributed by atoms with van der Waals surface area (Å²) in [5.41, 5.74) is 0. The van der Waals surface area contributed by atoms with Crippen LogP contribution < -0.4 is 0 Å². The summed E-state index contributed by atoms with van der Waals surface area (Å²) < 4.78 is 5.28. The first-order valence-corrected chi connectivity index (χ1v) is 4.98. The van der Waals surface area contributed by atoms with Crippen LogP contribution in [0.3, 0.4) is 0 Å². The Morgan fingerprint density at radius 3 is 2.67 bits per heavy atom. The molecule has 0 rings (SSSR count). The normalized spacial score (nSPS) is 12.1. The third-order valence-electron chi connectivity index (χ3n) is 1.74.